The number of ether oxygens (including phenoxy) is 2. The molecular formula is C19H15N3O3. The van der Waals surface area contributed by atoms with Crippen LogP contribution < -0.4 is 14.8 Å². The number of benzene rings is 1. The number of carbonyl (C=O) groups excluding carboxylic acids is 1. The standard InChI is InChI=1S/C19H15N3O3/c23-19(18-12-24-16-3-1-2-4-17(16)25-18)22-14-5-6-15(21-11-14)13-7-9-20-10-8-13/h1-11,18H,12H2,(H,22,23). The molecule has 1 unspecified atom stereocenters. The van der Waals surface area contributed by atoms with E-state index >= 15 is 0 Å². The molecule has 2 aromatic heterocycles. The van der Waals surface area contributed by atoms with Crippen molar-refractivity contribution in [3.63, 3.8) is 0 Å². The molecular weight excluding hydrogens is 318 g/mol. The van der Waals surface area contributed by atoms with Crippen LogP contribution in [0.5, 0.6) is 11.5 Å². The second-order valence-corrected chi connectivity index (χ2v) is 5.52. The molecule has 0 fully saturated rings. The maximum absolute atomic E-state index is 12.4. The monoisotopic (exact) mass is 333 g/mol. The lowest BCUT2D eigenvalue weighted by Gasteiger charge is -2.25. The Morgan fingerprint density at radius 3 is 2.60 bits per heavy atom. The van der Waals surface area contributed by atoms with Crippen LogP contribution in [0, 0.1) is 0 Å². The predicted octanol–water partition coefficient (Wildman–Crippen LogP) is 2.92. The first-order valence-corrected chi connectivity index (χ1v) is 7.85. The lowest BCUT2D eigenvalue weighted by molar-refractivity contribution is -0.125. The fourth-order valence-electron chi connectivity index (χ4n) is 2.53. The Morgan fingerprint density at radius 2 is 1.84 bits per heavy atom. The summed E-state index contributed by atoms with van der Waals surface area (Å²) < 4.78 is 11.3. The van der Waals surface area contributed by atoms with Crippen LogP contribution in [0.25, 0.3) is 11.3 Å². The molecule has 3 heterocycles. The summed E-state index contributed by atoms with van der Waals surface area (Å²) in [7, 11) is 0. The molecule has 0 saturated carbocycles. The van der Waals surface area contributed by atoms with Crippen LogP contribution in [0.3, 0.4) is 0 Å². The first-order chi connectivity index (χ1) is 12.3. The highest BCUT2D eigenvalue weighted by Gasteiger charge is 2.27. The van der Waals surface area contributed by atoms with Crippen LogP contribution in [-0.2, 0) is 4.79 Å². The van der Waals surface area contributed by atoms with Crippen molar-refractivity contribution >= 4 is 11.6 Å². The Bertz CT molecular complexity index is 882. The number of amides is 1. The van der Waals surface area contributed by atoms with E-state index in [1.807, 2.05) is 36.4 Å². The fourth-order valence-corrected chi connectivity index (χ4v) is 2.53. The molecule has 4 rings (SSSR count). The lowest BCUT2D eigenvalue weighted by atomic mass is 10.2. The third-order valence-corrected chi connectivity index (χ3v) is 3.81. The van der Waals surface area contributed by atoms with Crippen molar-refractivity contribution in [2.24, 2.45) is 0 Å². The molecule has 1 aromatic carbocycles. The molecule has 25 heavy (non-hydrogen) atoms. The van der Waals surface area contributed by atoms with Crippen molar-refractivity contribution in [3.05, 3.63) is 67.1 Å². The molecule has 1 amide bonds. The average Bonchev–Trinajstić information content (AvgIpc) is 2.69. The molecule has 0 spiro atoms. The molecule has 3 aromatic rings. The smallest absolute Gasteiger partial charge is 0.269 e. The molecule has 1 atom stereocenters. The van der Waals surface area contributed by atoms with E-state index in [2.05, 4.69) is 15.3 Å². The highest BCUT2D eigenvalue weighted by atomic mass is 16.6. The maximum atomic E-state index is 12.4. The predicted molar refractivity (Wildman–Crippen MR) is 92.5 cm³/mol. The van der Waals surface area contributed by atoms with E-state index in [4.69, 9.17) is 9.47 Å². The minimum atomic E-state index is -0.699. The normalized spacial score (nSPS) is 15.4. The molecule has 6 nitrogen and oxygen atoms in total. The third-order valence-electron chi connectivity index (χ3n) is 3.81. The van der Waals surface area contributed by atoms with E-state index in [-0.39, 0.29) is 12.5 Å². The number of rotatable bonds is 3. The first-order valence-electron chi connectivity index (χ1n) is 7.85. The molecule has 1 N–H and O–H groups in total. The number of carbonyl (C=O) groups is 1. The van der Waals surface area contributed by atoms with Crippen molar-refractivity contribution in [1.29, 1.82) is 0 Å². The highest BCUT2D eigenvalue weighted by Crippen LogP contribution is 2.31. The fraction of sp³-hybridized carbons (Fsp3) is 0.105. The summed E-state index contributed by atoms with van der Waals surface area (Å²) in [6, 6.07) is 14.7. The van der Waals surface area contributed by atoms with Gasteiger partial charge in [-0.3, -0.25) is 14.8 Å². The van der Waals surface area contributed by atoms with Crippen molar-refractivity contribution in [1.82, 2.24) is 9.97 Å². The van der Waals surface area contributed by atoms with Crippen LogP contribution in [0.1, 0.15) is 0 Å². The summed E-state index contributed by atoms with van der Waals surface area (Å²) in [5.74, 6) is 0.947. The summed E-state index contributed by atoms with van der Waals surface area (Å²) in [5, 5.41) is 2.80. The number of anilines is 1. The third kappa shape index (κ3) is 3.28. The Kier molecular flexibility index (Phi) is 4.00. The largest absolute Gasteiger partial charge is 0.485 e. The van der Waals surface area contributed by atoms with Crippen molar-refractivity contribution in [2.75, 3.05) is 11.9 Å². The van der Waals surface area contributed by atoms with Crippen molar-refractivity contribution < 1.29 is 14.3 Å². The van der Waals surface area contributed by atoms with E-state index in [1.165, 1.54) is 0 Å². The Morgan fingerprint density at radius 1 is 1.04 bits per heavy atom. The van der Waals surface area contributed by atoms with Gasteiger partial charge >= 0.3 is 0 Å². The number of nitrogens with one attached hydrogen (secondary N) is 1. The average molecular weight is 333 g/mol. The van der Waals surface area contributed by atoms with Gasteiger partial charge in [-0.25, -0.2) is 0 Å². The Balaban J connectivity index is 1.43. The number of para-hydroxylation sites is 2. The van der Waals surface area contributed by atoms with Crippen LogP contribution in [-0.4, -0.2) is 28.6 Å². The van der Waals surface area contributed by atoms with Crippen LogP contribution in [0.15, 0.2) is 67.1 Å². The van der Waals surface area contributed by atoms with Crippen LogP contribution >= 0.6 is 0 Å². The number of aromatic nitrogens is 2. The van der Waals surface area contributed by atoms with Gasteiger partial charge < -0.3 is 14.8 Å². The Labute approximate surface area is 144 Å². The molecule has 124 valence electrons. The molecule has 0 aliphatic carbocycles. The number of fused-ring (bicyclic) bond motifs is 1. The highest BCUT2D eigenvalue weighted by molar-refractivity contribution is 5.94. The van der Waals surface area contributed by atoms with Gasteiger partial charge in [-0.05, 0) is 36.4 Å². The second kappa shape index (κ2) is 6.60. The zero-order valence-electron chi connectivity index (χ0n) is 13.3. The minimum absolute atomic E-state index is 0.172. The van der Waals surface area contributed by atoms with E-state index in [0.717, 1.165) is 11.3 Å². The molecule has 6 heteroatoms. The topological polar surface area (TPSA) is 73.3 Å². The molecule has 0 saturated heterocycles. The summed E-state index contributed by atoms with van der Waals surface area (Å²) in [5.41, 5.74) is 2.38. The van der Waals surface area contributed by atoms with Gasteiger partial charge in [-0.2, -0.15) is 0 Å². The van der Waals surface area contributed by atoms with Crippen LogP contribution in [0.2, 0.25) is 0 Å². The SMILES string of the molecule is O=C(Nc1ccc(-c2ccncc2)nc1)C1COc2ccccc2O1. The van der Waals surface area contributed by atoms with Gasteiger partial charge in [0.15, 0.2) is 11.5 Å². The van der Waals surface area contributed by atoms with E-state index in [0.29, 0.717) is 17.2 Å². The molecule has 1 aliphatic heterocycles. The van der Waals surface area contributed by atoms with Crippen molar-refractivity contribution in [2.45, 2.75) is 6.10 Å². The number of nitrogens with zero attached hydrogens (tertiary/aromatic N) is 2. The number of hydrogen-bond acceptors (Lipinski definition) is 5. The minimum Gasteiger partial charge on any atom is -0.485 e. The Hall–Kier alpha value is -3.41. The zero-order valence-corrected chi connectivity index (χ0v) is 13.3. The number of pyridine rings is 2. The second-order valence-electron chi connectivity index (χ2n) is 5.52. The van der Waals surface area contributed by atoms with Gasteiger partial charge in [0.2, 0.25) is 6.10 Å². The molecule has 0 bridgehead atoms. The zero-order chi connectivity index (χ0) is 17.1. The van der Waals surface area contributed by atoms with Gasteiger partial charge in [0.1, 0.15) is 6.61 Å². The number of hydrogen-bond donors (Lipinski definition) is 1. The first kappa shape index (κ1) is 15.1. The lowest BCUT2D eigenvalue weighted by Crippen LogP contribution is -2.40. The van der Waals surface area contributed by atoms with Gasteiger partial charge in [-0.15, -0.1) is 0 Å². The van der Waals surface area contributed by atoms with E-state index < -0.39 is 6.10 Å². The summed E-state index contributed by atoms with van der Waals surface area (Å²) in [4.78, 5) is 20.7. The quantitative estimate of drug-likeness (QED) is 0.798. The van der Waals surface area contributed by atoms with Crippen molar-refractivity contribution in [3.8, 4) is 22.8 Å². The van der Waals surface area contributed by atoms with Gasteiger partial charge in [-0.1, -0.05) is 12.1 Å². The van der Waals surface area contributed by atoms with E-state index in [1.54, 1.807) is 30.7 Å². The summed E-state index contributed by atoms with van der Waals surface area (Å²) in [6.45, 7) is 0.172. The van der Waals surface area contributed by atoms with E-state index in [9.17, 15) is 4.79 Å². The molecule has 0 radical (unpaired) electrons. The van der Waals surface area contributed by atoms with Gasteiger partial charge in [0.05, 0.1) is 17.6 Å². The summed E-state index contributed by atoms with van der Waals surface area (Å²) in [6.07, 6.45) is 4.34. The molecule has 1 aliphatic rings. The van der Waals surface area contributed by atoms with Crippen LogP contribution in [0.4, 0.5) is 5.69 Å². The van der Waals surface area contributed by atoms with Gasteiger partial charge in [0, 0.05) is 18.0 Å². The maximum Gasteiger partial charge on any atom is 0.269 e. The van der Waals surface area contributed by atoms with Gasteiger partial charge in [0.25, 0.3) is 5.91 Å². The summed E-state index contributed by atoms with van der Waals surface area (Å²) >= 11 is 0.